The number of ether oxygens (including phenoxy) is 1. The highest BCUT2D eigenvalue weighted by molar-refractivity contribution is 4.89. The van der Waals surface area contributed by atoms with Crippen LogP contribution >= 0.6 is 0 Å². The summed E-state index contributed by atoms with van der Waals surface area (Å²) >= 11 is 0. The highest BCUT2D eigenvalue weighted by Gasteiger charge is 2.38. The molecule has 0 spiro atoms. The third kappa shape index (κ3) is 4.09. The normalized spacial score (nSPS) is 20.4. The van der Waals surface area contributed by atoms with Crippen molar-refractivity contribution in [3.05, 3.63) is 0 Å². The van der Waals surface area contributed by atoms with Crippen molar-refractivity contribution in [1.29, 1.82) is 0 Å². The van der Waals surface area contributed by atoms with E-state index in [1.165, 1.54) is 6.42 Å². The summed E-state index contributed by atoms with van der Waals surface area (Å²) in [7, 11) is 2.18. The lowest BCUT2D eigenvalue weighted by Crippen LogP contribution is -2.54. The lowest BCUT2D eigenvalue weighted by atomic mass is 9.85. The fraction of sp³-hybridized carbons (Fsp3) is 1.00. The average molecular weight is 214 g/mol. The first-order chi connectivity index (χ1) is 6.87. The van der Waals surface area contributed by atoms with Crippen LogP contribution in [0.3, 0.4) is 0 Å². The van der Waals surface area contributed by atoms with E-state index in [0.717, 1.165) is 32.8 Å². The number of hydrogen-bond donors (Lipinski definition) is 1. The molecule has 0 saturated carbocycles. The van der Waals surface area contributed by atoms with Gasteiger partial charge in [-0.2, -0.15) is 0 Å². The average Bonchev–Trinajstić information content (AvgIpc) is 2.07. The summed E-state index contributed by atoms with van der Waals surface area (Å²) in [6.45, 7) is 11.5. The van der Waals surface area contributed by atoms with Gasteiger partial charge in [0.1, 0.15) is 0 Å². The van der Waals surface area contributed by atoms with Crippen molar-refractivity contribution < 1.29 is 4.74 Å². The van der Waals surface area contributed by atoms with Crippen LogP contribution in [0.4, 0.5) is 0 Å². The standard InChI is InChI=1S/C12H26N2O/c1-11(2,3)5-6-14(4)8-12(7-13)9-15-10-12/h5-10,13H2,1-4H3. The van der Waals surface area contributed by atoms with Crippen molar-refractivity contribution in [3.8, 4) is 0 Å². The number of nitrogens with two attached hydrogens (primary N) is 1. The highest BCUT2D eigenvalue weighted by atomic mass is 16.5. The second kappa shape index (κ2) is 4.81. The molecule has 1 aliphatic heterocycles. The fourth-order valence-electron chi connectivity index (χ4n) is 1.84. The molecule has 0 aromatic heterocycles. The first-order valence-electron chi connectivity index (χ1n) is 5.83. The Hall–Kier alpha value is -0.120. The first kappa shape index (κ1) is 12.9. The Morgan fingerprint density at radius 2 is 1.93 bits per heavy atom. The van der Waals surface area contributed by atoms with Crippen LogP contribution in [0, 0.1) is 10.8 Å². The predicted molar refractivity (Wildman–Crippen MR) is 63.9 cm³/mol. The van der Waals surface area contributed by atoms with Gasteiger partial charge in [0.25, 0.3) is 0 Å². The maximum atomic E-state index is 5.79. The van der Waals surface area contributed by atoms with Crippen molar-refractivity contribution in [2.45, 2.75) is 27.2 Å². The minimum absolute atomic E-state index is 0.243. The van der Waals surface area contributed by atoms with Crippen LogP contribution in [-0.4, -0.2) is 44.8 Å². The third-order valence-electron chi connectivity index (χ3n) is 3.10. The molecular weight excluding hydrogens is 188 g/mol. The molecule has 1 rings (SSSR count). The zero-order chi connectivity index (χ0) is 11.5. The molecule has 1 aliphatic rings. The summed E-state index contributed by atoms with van der Waals surface area (Å²) in [5, 5.41) is 0. The van der Waals surface area contributed by atoms with Gasteiger partial charge in [-0.05, 0) is 25.4 Å². The monoisotopic (exact) mass is 214 g/mol. The van der Waals surface area contributed by atoms with E-state index in [4.69, 9.17) is 10.5 Å². The topological polar surface area (TPSA) is 38.5 Å². The molecule has 90 valence electrons. The molecule has 0 bridgehead atoms. The minimum atomic E-state index is 0.243. The lowest BCUT2D eigenvalue weighted by molar-refractivity contribution is -0.118. The molecule has 0 aromatic rings. The smallest absolute Gasteiger partial charge is 0.0569 e. The third-order valence-corrected chi connectivity index (χ3v) is 3.10. The second-order valence-electron chi connectivity index (χ2n) is 6.25. The van der Waals surface area contributed by atoms with Crippen LogP contribution in [0.5, 0.6) is 0 Å². The van der Waals surface area contributed by atoms with E-state index >= 15 is 0 Å². The summed E-state index contributed by atoms with van der Waals surface area (Å²) < 4.78 is 5.27. The van der Waals surface area contributed by atoms with Gasteiger partial charge < -0.3 is 15.4 Å². The zero-order valence-corrected chi connectivity index (χ0v) is 10.7. The Morgan fingerprint density at radius 3 is 2.27 bits per heavy atom. The highest BCUT2D eigenvalue weighted by Crippen LogP contribution is 2.27. The largest absolute Gasteiger partial charge is 0.380 e. The molecule has 15 heavy (non-hydrogen) atoms. The maximum absolute atomic E-state index is 5.79. The molecule has 0 radical (unpaired) electrons. The van der Waals surface area contributed by atoms with Crippen LogP contribution in [0.2, 0.25) is 0 Å². The molecule has 0 amide bonds. The Bertz CT molecular complexity index is 189. The van der Waals surface area contributed by atoms with E-state index in [1.807, 2.05) is 0 Å². The molecule has 0 aliphatic carbocycles. The minimum Gasteiger partial charge on any atom is -0.380 e. The van der Waals surface area contributed by atoms with Crippen LogP contribution < -0.4 is 5.73 Å². The van der Waals surface area contributed by atoms with Crippen LogP contribution in [0.25, 0.3) is 0 Å². The number of hydrogen-bond acceptors (Lipinski definition) is 3. The molecular formula is C12H26N2O. The van der Waals surface area contributed by atoms with E-state index < -0.39 is 0 Å². The van der Waals surface area contributed by atoms with Crippen LogP contribution in [0.1, 0.15) is 27.2 Å². The zero-order valence-electron chi connectivity index (χ0n) is 10.7. The van der Waals surface area contributed by atoms with Crippen molar-refractivity contribution >= 4 is 0 Å². The van der Waals surface area contributed by atoms with E-state index in [2.05, 4.69) is 32.7 Å². The van der Waals surface area contributed by atoms with Gasteiger partial charge in [0, 0.05) is 18.5 Å². The Balaban J connectivity index is 2.26. The van der Waals surface area contributed by atoms with Crippen molar-refractivity contribution in [2.24, 2.45) is 16.6 Å². The molecule has 3 heteroatoms. The number of nitrogens with zero attached hydrogens (tertiary/aromatic N) is 1. The molecule has 3 nitrogen and oxygen atoms in total. The molecule has 2 N–H and O–H groups in total. The summed E-state index contributed by atoms with van der Waals surface area (Å²) in [6.07, 6.45) is 1.23. The summed E-state index contributed by atoms with van der Waals surface area (Å²) in [6, 6.07) is 0. The lowest BCUT2D eigenvalue weighted by Gasteiger charge is -2.43. The molecule has 1 fully saturated rings. The predicted octanol–water partition coefficient (Wildman–Crippen LogP) is 1.33. The quantitative estimate of drug-likeness (QED) is 0.750. The molecule has 0 aromatic carbocycles. The van der Waals surface area contributed by atoms with Crippen LogP contribution in [-0.2, 0) is 4.74 Å². The summed E-state index contributed by atoms with van der Waals surface area (Å²) in [5.41, 5.74) is 6.45. The number of rotatable bonds is 5. The van der Waals surface area contributed by atoms with Crippen molar-refractivity contribution in [2.75, 3.05) is 39.9 Å². The van der Waals surface area contributed by atoms with E-state index in [1.54, 1.807) is 0 Å². The van der Waals surface area contributed by atoms with E-state index in [9.17, 15) is 0 Å². The fourth-order valence-corrected chi connectivity index (χ4v) is 1.84. The Labute approximate surface area is 94.0 Å². The Kier molecular flexibility index (Phi) is 4.15. The van der Waals surface area contributed by atoms with Gasteiger partial charge in [0.2, 0.25) is 0 Å². The van der Waals surface area contributed by atoms with E-state index in [-0.39, 0.29) is 5.41 Å². The molecule has 1 heterocycles. The van der Waals surface area contributed by atoms with Gasteiger partial charge in [-0.3, -0.25) is 0 Å². The van der Waals surface area contributed by atoms with Gasteiger partial charge in [0.15, 0.2) is 0 Å². The summed E-state index contributed by atoms with van der Waals surface area (Å²) in [4.78, 5) is 2.39. The van der Waals surface area contributed by atoms with Gasteiger partial charge in [-0.25, -0.2) is 0 Å². The molecule has 1 saturated heterocycles. The van der Waals surface area contributed by atoms with Crippen molar-refractivity contribution in [3.63, 3.8) is 0 Å². The van der Waals surface area contributed by atoms with Gasteiger partial charge in [-0.1, -0.05) is 20.8 Å². The Morgan fingerprint density at radius 1 is 1.33 bits per heavy atom. The molecule has 0 atom stereocenters. The SMILES string of the molecule is CN(CCC(C)(C)C)CC1(CN)COC1. The second-order valence-corrected chi connectivity index (χ2v) is 6.25. The maximum Gasteiger partial charge on any atom is 0.0569 e. The first-order valence-corrected chi connectivity index (χ1v) is 5.83. The van der Waals surface area contributed by atoms with Gasteiger partial charge >= 0.3 is 0 Å². The van der Waals surface area contributed by atoms with Gasteiger partial charge in [-0.15, -0.1) is 0 Å². The molecule has 0 unspecified atom stereocenters. The summed E-state index contributed by atoms with van der Waals surface area (Å²) in [5.74, 6) is 0. The van der Waals surface area contributed by atoms with Crippen molar-refractivity contribution in [1.82, 2.24) is 4.90 Å². The van der Waals surface area contributed by atoms with Crippen LogP contribution in [0.15, 0.2) is 0 Å². The van der Waals surface area contributed by atoms with Gasteiger partial charge in [0.05, 0.1) is 13.2 Å². The van der Waals surface area contributed by atoms with E-state index in [0.29, 0.717) is 5.41 Å².